The molecule has 0 atom stereocenters. The molecule has 2 aromatic carbocycles. The lowest BCUT2D eigenvalue weighted by molar-refractivity contribution is -0.136. The van der Waals surface area contributed by atoms with Crippen molar-refractivity contribution < 1.29 is 14.7 Å². The quantitative estimate of drug-likeness (QED) is 0.483. The molecule has 1 amide bonds. The Morgan fingerprint density at radius 3 is 2.48 bits per heavy atom. The molecule has 0 saturated heterocycles. The Morgan fingerprint density at radius 2 is 1.78 bits per heavy atom. The average Bonchev–Trinajstić information content (AvgIpc) is 2.54. The zero-order valence-corrected chi connectivity index (χ0v) is 12.4. The second-order valence-electron chi connectivity index (χ2n) is 5.00. The first-order valence-corrected chi connectivity index (χ1v) is 7.03. The van der Waals surface area contributed by atoms with Crippen LogP contribution in [0, 0.1) is 5.41 Å². The molecule has 0 aliphatic rings. The fourth-order valence-corrected chi connectivity index (χ4v) is 2.12. The minimum atomic E-state index is -0.889. The Kier molecular flexibility index (Phi) is 5.09. The van der Waals surface area contributed by atoms with Gasteiger partial charge in [0.2, 0.25) is 0 Å². The number of hydrogen-bond donors (Lipinski definition) is 4. The van der Waals surface area contributed by atoms with E-state index in [-0.39, 0.29) is 18.2 Å². The predicted octanol–water partition coefficient (Wildman–Crippen LogP) is 2.24. The van der Waals surface area contributed by atoms with E-state index in [0.29, 0.717) is 23.2 Å². The maximum Gasteiger partial charge on any atom is 0.303 e. The van der Waals surface area contributed by atoms with E-state index in [4.69, 9.17) is 16.2 Å². The Labute approximate surface area is 133 Å². The Hall–Kier alpha value is -3.15. The van der Waals surface area contributed by atoms with Gasteiger partial charge in [-0.1, -0.05) is 30.3 Å². The van der Waals surface area contributed by atoms with Crippen LogP contribution >= 0.6 is 0 Å². The molecule has 0 saturated carbocycles. The maximum absolute atomic E-state index is 12.3. The van der Waals surface area contributed by atoms with Crippen molar-refractivity contribution in [1.29, 1.82) is 5.41 Å². The third kappa shape index (κ3) is 4.41. The Balaban J connectivity index is 2.18. The highest BCUT2D eigenvalue weighted by Gasteiger charge is 2.11. The molecule has 0 unspecified atom stereocenters. The van der Waals surface area contributed by atoms with Gasteiger partial charge < -0.3 is 16.2 Å². The first-order chi connectivity index (χ1) is 11.0. The second-order valence-corrected chi connectivity index (χ2v) is 5.00. The summed E-state index contributed by atoms with van der Waals surface area (Å²) in [6.45, 7) is 0. The van der Waals surface area contributed by atoms with E-state index < -0.39 is 5.97 Å². The summed E-state index contributed by atoms with van der Waals surface area (Å²) in [5.41, 5.74) is 7.60. The topological polar surface area (TPSA) is 116 Å². The van der Waals surface area contributed by atoms with Gasteiger partial charge in [-0.2, -0.15) is 0 Å². The third-order valence-corrected chi connectivity index (χ3v) is 3.31. The van der Waals surface area contributed by atoms with Gasteiger partial charge >= 0.3 is 5.97 Å². The smallest absolute Gasteiger partial charge is 0.303 e. The molecule has 5 N–H and O–H groups in total. The van der Waals surface area contributed by atoms with E-state index >= 15 is 0 Å². The molecule has 0 radical (unpaired) electrons. The summed E-state index contributed by atoms with van der Waals surface area (Å²) in [7, 11) is 0. The minimum Gasteiger partial charge on any atom is -0.481 e. The van der Waals surface area contributed by atoms with Crippen LogP contribution in [0.2, 0.25) is 0 Å². The average molecular weight is 311 g/mol. The van der Waals surface area contributed by atoms with E-state index in [9.17, 15) is 9.59 Å². The van der Waals surface area contributed by atoms with Gasteiger partial charge in [0.05, 0.1) is 0 Å². The van der Waals surface area contributed by atoms with Crippen molar-refractivity contribution in [2.45, 2.75) is 12.8 Å². The number of benzene rings is 2. The zero-order valence-electron chi connectivity index (χ0n) is 12.4. The van der Waals surface area contributed by atoms with Gasteiger partial charge in [0, 0.05) is 23.2 Å². The van der Waals surface area contributed by atoms with Crippen LogP contribution in [-0.4, -0.2) is 22.8 Å². The number of carbonyl (C=O) groups is 2. The molecule has 0 spiro atoms. The van der Waals surface area contributed by atoms with E-state index in [1.54, 1.807) is 42.5 Å². The number of carboxylic acid groups (broad SMARTS) is 1. The SMILES string of the molecule is N=C(N)c1cccc(C(=O)Nc2ccccc2CCC(=O)O)c1. The number of nitrogen functional groups attached to an aromatic ring is 1. The summed E-state index contributed by atoms with van der Waals surface area (Å²) in [4.78, 5) is 23.1. The predicted molar refractivity (Wildman–Crippen MR) is 87.8 cm³/mol. The molecule has 118 valence electrons. The van der Waals surface area contributed by atoms with Crippen LogP contribution in [0.3, 0.4) is 0 Å². The molecule has 0 aliphatic heterocycles. The van der Waals surface area contributed by atoms with E-state index in [1.807, 2.05) is 0 Å². The van der Waals surface area contributed by atoms with Crippen molar-refractivity contribution in [3.8, 4) is 0 Å². The van der Waals surface area contributed by atoms with Gasteiger partial charge in [-0.3, -0.25) is 15.0 Å². The fraction of sp³-hybridized carbons (Fsp3) is 0.118. The molecular formula is C17H17N3O3. The van der Waals surface area contributed by atoms with Crippen LogP contribution < -0.4 is 11.1 Å². The number of carbonyl (C=O) groups excluding carboxylic acids is 1. The van der Waals surface area contributed by atoms with Crippen LogP contribution in [0.1, 0.15) is 27.9 Å². The van der Waals surface area contributed by atoms with E-state index in [2.05, 4.69) is 5.32 Å². The number of aliphatic carboxylic acids is 1. The molecule has 0 bridgehead atoms. The lowest BCUT2D eigenvalue weighted by Crippen LogP contribution is -2.16. The van der Waals surface area contributed by atoms with Crippen LogP contribution in [-0.2, 0) is 11.2 Å². The normalized spacial score (nSPS) is 10.1. The van der Waals surface area contributed by atoms with Crippen LogP contribution in [0.25, 0.3) is 0 Å². The number of para-hydroxylation sites is 1. The zero-order chi connectivity index (χ0) is 16.8. The summed E-state index contributed by atoms with van der Waals surface area (Å²) < 4.78 is 0. The minimum absolute atomic E-state index is 0.00724. The molecular weight excluding hydrogens is 294 g/mol. The molecule has 0 aliphatic carbocycles. The lowest BCUT2D eigenvalue weighted by atomic mass is 10.1. The Morgan fingerprint density at radius 1 is 1.09 bits per heavy atom. The summed E-state index contributed by atoms with van der Waals surface area (Å²) in [6, 6.07) is 13.5. The number of rotatable bonds is 6. The molecule has 2 aromatic rings. The summed E-state index contributed by atoms with van der Waals surface area (Å²) in [5.74, 6) is -1.34. The highest BCUT2D eigenvalue weighted by Crippen LogP contribution is 2.18. The van der Waals surface area contributed by atoms with Crippen molar-refractivity contribution in [2.24, 2.45) is 5.73 Å². The first-order valence-electron chi connectivity index (χ1n) is 7.03. The highest BCUT2D eigenvalue weighted by atomic mass is 16.4. The number of amides is 1. The third-order valence-electron chi connectivity index (χ3n) is 3.31. The van der Waals surface area contributed by atoms with Crippen molar-refractivity contribution in [3.63, 3.8) is 0 Å². The Bertz CT molecular complexity index is 756. The van der Waals surface area contributed by atoms with Crippen LogP contribution in [0.4, 0.5) is 5.69 Å². The number of aryl methyl sites for hydroxylation is 1. The molecule has 23 heavy (non-hydrogen) atoms. The van der Waals surface area contributed by atoms with Gasteiger partial charge in [0.15, 0.2) is 0 Å². The summed E-state index contributed by atoms with van der Waals surface area (Å²) in [5, 5.41) is 19.0. The highest BCUT2D eigenvalue weighted by molar-refractivity contribution is 6.06. The monoisotopic (exact) mass is 311 g/mol. The largest absolute Gasteiger partial charge is 0.481 e. The van der Waals surface area contributed by atoms with Crippen molar-refractivity contribution in [3.05, 3.63) is 65.2 Å². The van der Waals surface area contributed by atoms with Gasteiger partial charge in [-0.25, -0.2) is 0 Å². The van der Waals surface area contributed by atoms with Gasteiger partial charge in [-0.15, -0.1) is 0 Å². The molecule has 2 rings (SSSR count). The fourth-order valence-electron chi connectivity index (χ4n) is 2.12. The maximum atomic E-state index is 12.3. The summed E-state index contributed by atoms with van der Waals surface area (Å²) >= 11 is 0. The molecule has 6 nitrogen and oxygen atoms in total. The van der Waals surface area contributed by atoms with Gasteiger partial charge in [-0.05, 0) is 30.2 Å². The number of nitrogens with one attached hydrogen (secondary N) is 2. The summed E-state index contributed by atoms with van der Waals surface area (Å²) in [6.07, 6.45) is 0.325. The van der Waals surface area contributed by atoms with Crippen molar-refractivity contribution in [2.75, 3.05) is 5.32 Å². The second kappa shape index (κ2) is 7.22. The van der Waals surface area contributed by atoms with Gasteiger partial charge in [0.25, 0.3) is 5.91 Å². The van der Waals surface area contributed by atoms with Crippen LogP contribution in [0.15, 0.2) is 48.5 Å². The molecule has 0 heterocycles. The molecule has 0 fully saturated rings. The van der Waals surface area contributed by atoms with Crippen molar-refractivity contribution >= 4 is 23.4 Å². The standard InChI is InChI=1S/C17H17N3O3/c18-16(19)12-5-3-6-13(10-12)17(23)20-14-7-2-1-4-11(14)8-9-15(21)22/h1-7,10H,8-9H2,(H3,18,19)(H,20,23)(H,21,22). The number of amidine groups is 1. The van der Waals surface area contributed by atoms with E-state index in [1.165, 1.54) is 6.07 Å². The molecule has 0 aromatic heterocycles. The number of anilines is 1. The number of carboxylic acids is 1. The lowest BCUT2D eigenvalue weighted by Gasteiger charge is -2.11. The van der Waals surface area contributed by atoms with Crippen molar-refractivity contribution in [1.82, 2.24) is 0 Å². The van der Waals surface area contributed by atoms with Crippen LogP contribution in [0.5, 0.6) is 0 Å². The first kappa shape index (κ1) is 16.2. The van der Waals surface area contributed by atoms with E-state index in [0.717, 1.165) is 5.56 Å². The van der Waals surface area contributed by atoms with Gasteiger partial charge in [0.1, 0.15) is 5.84 Å². The number of nitrogens with two attached hydrogens (primary N) is 1. The molecule has 6 heteroatoms. The number of hydrogen-bond acceptors (Lipinski definition) is 3.